The monoisotopic (exact) mass is 484 g/mol. The van der Waals surface area contributed by atoms with E-state index >= 15 is 0 Å². The number of rotatable bonds is 4. The zero-order valence-corrected chi connectivity index (χ0v) is 18.1. The van der Waals surface area contributed by atoms with Gasteiger partial charge in [0, 0.05) is 12.2 Å². The maximum atomic E-state index is 13.7. The van der Waals surface area contributed by atoms with Crippen molar-refractivity contribution in [3.05, 3.63) is 69.3 Å². The van der Waals surface area contributed by atoms with Crippen LogP contribution in [-0.2, 0) is 11.3 Å². The lowest BCUT2D eigenvalue weighted by Gasteiger charge is -2.13. The van der Waals surface area contributed by atoms with E-state index in [0.717, 1.165) is 16.0 Å². The molecule has 1 aromatic heterocycles. The van der Waals surface area contributed by atoms with Gasteiger partial charge in [-0.3, -0.25) is 4.79 Å². The molecule has 0 saturated heterocycles. The Hall–Kier alpha value is -2.62. The summed E-state index contributed by atoms with van der Waals surface area (Å²) in [7, 11) is 0. The maximum Gasteiger partial charge on any atom is 0.436 e. The average molecular weight is 485 g/mol. The van der Waals surface area contributed by atoms with Gasteiger partial charge >= 0.3 is 6.18 Å². The van der Waals surface area contributed by atoms with Gasteiger partial charge in [0.2, 0.25) is 5.13 Å². The summed E-state index contributed by atoms with van der Waals surface area (Å²) in [5.41, 5.74) is -0.516. The van der Waals surface area contributed by atoms with E-state index in [1.54, 1.807) is 42.5 Å². The molecule has 11 heteroatoms. The van der Waals surface area contributed by atoms with Gasteiger partial charge in [0.15, 0.2) is 5.71 Å². The van der Waals surface area contributed by atoms with Crippen molar-refractivity contribution >= 4 is 61.5 Å². The molecule has 1 amide bonds. The molecule has 1 N–H and O–H groups in total. The summed E-state index contributed by atoms with van der Waals surface area (Å²) in [4.78, 5) is 17.2. The molecule has 2 heterocycles. The minimum Gasteiger partial charge on any atom is -0.384 e. The van der Waals surface area contributed by atoms with Crippen LogP contribution in [-0.4, -0.2) is 22.8 Å². The van der Waals surface area contributed by atoms with E-state index in [4.69, 9.17) is 23.2 Å². The van der Waals surface area contributed by atoms with Crippen LogP contribution in [0.4, 0.5) is 18.3 Å². The molecular weight excluding hydrogens is 472 g/mol. The molecule has 0 spiro atoms. The number of nitrogens with zero attached hydrogens (tertiary/aromatic N) is 3. The Bertz CT molecular complexity index is 1220. The number of anilines is 1. The number of thiazole rings is 1. The topological polar surface area (TPSA) is 57.6 Å². The van der Waals surface area contributed by atoms with E-state index in [9.17, 15) is 18.0 Å². The Morgan fingerprint density at radius 2 is 1.90 bits per heavy atom. The van der Waals surface area contributed by atoms with Crippen LogP contribution >= 0.6 is 34.5 Å². The standard InChI is InChI=1S/C20H13Cl2F3N4OS/c1-10(26-9-11-6-7-12(21)13(22)8-11)16-17(20(23,24)25)28-29(18(16)30)19-27-14-4-2-3-5-15(14)31-19/h2-8,26H,9H2,1H3/b16-10+. The Labute approximate surface area is 188 Å². The first kappa shape index (κ1) is 21.6. The summed E-state index contributed by atoms with van der Waals surface area (Å²) < 4.78 is 41.8. The predicted molar refractivity (Wildman–Crippen MR) is 117 cm³/mol. The van der Waals surface area contributed by atoms with Gasteiger partial charge in [-0.1, -0.05) is 52.7 Å². The number of fused-ring (bicyclic) bond motifs is 1. The van der Waals surface area contributed by atoms with Gasteiger partial charge in [0.05, 0.1) is 25.8 Å². The van der Waals surface area contributed by atoms with Crippen molar-refractivity contribution in [3.8, 4) is 0 Å². The number of para-hydroxylation sites is 1. The van der Waals surface area contributed by atoms with Crippen LogP contribution in [0.5, 0.6) is 0 Å². The second-order valence-electron chi connectivity index (χ2n) is 6.63. The molecule has 1 aliphatic heterocycles. The van der Waals surface area contributed by atoms with E-state index in [0.29, 0.717) is 26.1 Å². The largest absolute Gasteiger partial charge is 0.436 e. The maximum absolute atomic E-state index is 13.7. The molecule has 0 bridgehead atoms. The number of nitrogens with one attached hydrogen (secondary N) is 1. The minimum absolute atomic E-state index is 0.0377. The zero-order chi connectivity index (χ0) is 22.3. The number of hydrogen-bond donors (Lipinski definition) is 1. The first-order valence-electron chi connectivity index (χ1n) is 8.90. The summed E-state index contributed by atoms with van der Waals surface area (Å²) in [5.74, 6) is -0.898. The summed E-state index contributed by atoms with van der Waals surface area (Å²) >= 11 is 12.9. The second kappa shape index (κ2) is 8.14. The van der Waals surface area contributed by atoms with Crippen LogP contribution in [0, 0.1) is 0 Å². The second-order valence-corrected chi connectivity index (χ2v) is 8.45. The van der Waals surface area contributed by atoms with Crippen LogP contribution < -0.4 is 10.3 Å². The fraction of sp³-hybridized carbons (Fsp3) is 0.150. The molecule has 160 valence electrons. The van der Waals surface area contributed by atoms with Crippen molar-refractivity contribution in [2.24, 2.45) is 5.10 Å². The number of hydrogen-bond acceptors (Lipinski definition) is 5. The van der Waals surface area contributed by atoms with Gasteiger partial charge in [-0.2, -0.15) is 23.3 Å². The Kier molecular flexibility index (Phi) is 5.67. The highest BCUT2D eigenvalue weighted by molar-refractivity contribution is 7.22. The minimum atomic E-state index is -4.82. The van der Waals surface area contributed by atoms with Gasteiger partial charge in [0.25, 0.3) is 5.91 Å². The number of benzene rings is 2. The van der Waals surface area contributed by atoms with Gasteiger partial charge in [-0.05, 0) is 36.8 Å². The Balaban J connectivity index is 1.67. The molecule has 0 aliphatic carbocycles. The molecule has 0 unspecified atom stereocenters. The van der Waals surface area contributed by atoms with Crippen LogP contribution in [0.25, 0.3) is 10.2 Å². The molecule has 0 radical (unpaired) electrons. The molecule has 2 aromatic carbocycles. The lowest BCUT2D eigenvalue weighted by Crippen LogP contribution is -2.29. The lowest BCUT2D eigenvalue weighted by atomic mass is 10.1. The van der Waals surface area contributed by atoms with Gasteiger partial charge in [0.1, 0.15) is 0 Å². The zero-order valence-electron chi connectivity index (χ0n) is 15.8. The highest BCUT2D eigenvalue weighted by Crippen LogP contribution is 2.36. The van der Waals surface area contributed by atoms with E-state index in [1.165, 1.54) is 6.92 Å². The van der Waals surface area contributed by atoms with Crippen LogP contribution in [0.3, 0.4) is 0 Å². The summed E-state index contributed by atoms with van der Waals surface area (Å²) in [6.45, 7) is 1.54. The van der Waals surface area contributed by atoms with Crippen molar-refractivity contribution in [2.45, 2.75) is 19.6 Å². The predicted octanol–water partition coefficient (Wildman–Crippen LogP) is 5.93. The van der Waals surface area contributed by atoms with Gasteiger partial charge in [-0.15, -0.1) is 0 Å². The van der Waals surface area contributed by atoms with E-state index in [2.05, 4.69) is 15.4 Å². The van der Waals surface area contributed by atoms with Gasteiger partial charge < -0.3 is 5.32 Å². The molecule has 0 saturated carbocycles. The number of halogens is 5. The molecule has 31 heavy (non-hydrogen) atoms. The SMILES string of the molecule is C/C(NCc1ccc(Cl)c(Cl)c1)=C1\C(=O)N(c2nc3ccccc3s2)N=C1C(F)(F)F. The van der Waals surface area contributed by atoms with Crippen LogP contribution in [0.15, 0.2) is 58.8 Å². The van der Waals surface area contributed by atoms with Crippen LogP contribution in [0.1, 0.15) is 12.5 Å². The third-order valence-electron chi connectivity index (χ3n) is 4.49. The third kappa shape index (κ3) is 4.26. The molecule has 4 rings (SSSR count). The first-order chi connectivity index (χ1) is 14.6. The molecule has 0 atom stereocenters. The number of aromatic nitrogens is 1. The number of carbonyl (C=O) groups is 1. The highest BCUT2D eigenvalue weighted by Gasteiger charge is 2.48. The fourth-order valence-corrected chi connectivity index (χ4v) is 4.23. The Morgan fingerprint density at radius 3 is 2.58 bits per heavy atom. The van der Waals surface area contributed by atoms with E-state index < -0.39 is 23.4 Å². The number of allylic oxidation sites excluding steroid dienone is 1. The first-order valence-corrected chi connectivity index (χ1v) is 10.5. The van der Waals surface area contributed by atoms with Crippen molar-refractivity contribution in [1.82, 2.24) is 10.3 Å². The summed E-state index contributed by atoms with van der Waals surface area (Å²) in [6, 6.07) is 11.9. The Morgan fingerprint density at radius 1 is 1.16 bits per heavy atom. The molecule has 1 aliphatic rings. The van der Waals surface area contributed by atoms with Gasteiger partial charge in [-0.25, -0.2) is 4.98 Å². The van der Waals surface area contributed by atoms with E-state index in [1.807, 2.05) is 0 Å². The van der Waals surface area contributed by atoms with Crippen molar-refractivity contribution in [2.75, 3.05) is 5.01 Å². The highest BCUT2D eigenvalue weighted by atomic mass is 35.5. The van der Waals surface area contributed by atoms with Crippen molar-refractivity contribution in [3.63, 3.8) is 0 Å². The molecule has 5 nitrogen and oxygen atoms in total. The fourth-order valence-electron chi connectivity index (χ4n) is 2.99. The number of alkyl halides is 3. The third-order valence-corrected chi connectivity index (χ3v) is 6.24. The number of carbonyl (C=O) groups excluding carboxylic acids is 1. The number of amides is 1. The quantitative estimate of drug-likeness (QED) is 0.466. The molecule has 3 aromatic rings. The average Bonchev–Trinajstić information content (AvgIpc) is 3.29. The molecular formula is C20H13Cl2F3N4OS. The lowest BCUT2D eigenvalue weighted by molar-refractivity contribution is -0.114. The van der Waals surface area contributed by atoms with Crippen molar-refractivity contribution in [1.29, 1.82) is 0 Å². The summed E-state index contributed by atoms with van der Waals surface area (Å²) in [6.07, 6.45) is -4.82. The van der Waals surface area contributed by atoms with Crippen molar-refractivity contribution < 1.29 is 18.0 Å². The van der Waals surface area contributed by atoms with E-state index in [-0.39, 0.29) is 17.4 Å². The van der Waals surface area contributed by atoms with Crippen LogP contribution in [0.2, 0.25) is 10.0 Å². The number of hydrazone groups is 1. The smallest absolute Gasteiger partial charge is 0.384 e. The normalized spacial score (nSPS) is 16.1. The molecule has 0 fully saturated rings. The summed E-state index contributed by atoms with van der Waals surface area (Å²) in [5, 5.41) is 7.89.